The van der Waals surface area contributed by atoms with E-state index < -0.39 is 29.6 Å². The van der Waals surface area contributed by atoms with Crippen LogP contribution in [0.1, 0.15) is 44.6 Å². The number of carbonyl (C=O) groups is 2. The zero-order chi connectivity index (χ0) is 19.8. The Kier molecular flexibility index (Phi) is 4.86. The SMILES string of the molecule is Cc1cc(C2C(C(N)=O)CCN2C(=O)OC(C)(C)C)nc(-c2ncc[nH]2)n1. The van der Waals surface area contributed by atoms with E-state index in [9.17, 15) is 9.59 Å². The van der Waals surface area contributed by atoms with Crippen LogP contribution in [0, 0.1) is 12.8 Å². The molecule has 2 aromatic rings. The third kappa shape index (κ3) is 4.07. The molecule has 0 aromatic carbocycles. The van der Waals surface area contributed by atoms with Crippen molar-refractivity contribution in [3.8, 4) is 11.6 Å². The molecule has 1 saturated heterocycles. The Bertz CT molecular complexity index is 843. The zero-order valence-electron chi connectivity index (χ0n) is 15.9. The summed E-state index contributed by atoms with van der Waals surface area (Å²) in [7, 11) is 0. The second kappa shape index (κ2) is 6.98. The number of nitrogens with one attached hydrogen (secondary N) is 1. The number of nitrogens with zero attached hydrogens (tertiary/aromatic N) is 4. The largest absolute Gasteiger partial charge is 0.444 e. The van der Waals surface area contributed by atoms with Gasteiger partial charge >= 0.3 is 6.09 Å². The number of ether oxygens (including phenoxy) is 1. The van der Waals surface area contributed by atoms with Crippen LogP contribution in [0.2, 0.25) is 0 Å². The van der Waals surface area contributed by atoms with E-state index in [-0.39, 0.29) is 0 Å². The number of aryl methyl sites for hydroxylation is 1. The molecule has 3 heterocycles. The summed E-state index contributed by atoms with van der Waals surface area (Å²) in [6.45, 7) is 7.58. The zero-order valence-corrected chi connectivity index (χ0v) is 15.9. The highest BCUT2D eigenvalue weighted by molar-refractivity contribution is 5.80. The average molecular weight is 372 g/mol. The Morgan fingerprint density at radius 3 is 2.67 bits per heavy atom. The van der Waals surface area contributed by atoms with Crippen molar-refractivity contribution in [2.24, 2.45) is 11.7 Å². The summed E-state index contributed by atoms with van der Waals surface area (Å²) in [6, 6.07) is 1.16. The average Bonchev–Trinajstić information content (AvgIpc) is 3.22. The normalized spacial score (nSPS) is 19.9. The third-order valence-corrected chi connectivity index (χ3v) is 4.28. The van der Waals surface area contributed by atoms with Crippen molar-refractivity contribution in [3.05, 3.63) is 29.8 Å². The first-order valence-corrected chi connectivity index (χ1v) is 8.80. The summed E-state index contributed by atoms with van der Waals surface area (Å²) in [6.07, 6.45) is 3.25. The van der Waals surface area contributed by atoms with Gasteiger partial charge in [-0.3, -0.25) is 9.69 Å². The van der Waals surface area contributed by atoms with Crippen LogP contribution in [0.25, 0.3) is 11.6 Å². The Labute approximate surface area is 157 Å². The number of H-pyrrole nitrogens is 1. The Morgan fingerprint density at radius 1 is 1.33 bits per heavy atom. The summed E-state index contributed by atoms with van der Waals surface area (Å²) in [5.41, 5.74) is 6.20. The number of aromatic amines is 1. The number of likely N-dealkylation sites (tertiary alicyclic amines) is 1. The fourth-order valence-corrected chi connectivity index (χ4v) is 3.22. The van der Waals surface area contributed by atoms with Crippen molar-refractivity contribution in [1.29, 1.82) is 0 Å². The molecule has 27 heavy (non-hydrogen) atoms. The quantitative estimate of drug-likeness (QED) is 0.848. The van der Waals surface area contributed by atoms with Crippen molar-refractivity contribution >= 4 is 12.0 Å². The van der Waals surface area contributed by atoms with Gasteiger partial charge in [0, 0.05) is 24.6 Å². The van der Waals surface area contributed by atoms with E-state index in [1.807, 2.05) is 6.92 Å². The number of carbonyl (C=O) groups excluding carboxylic acids is 2. The minimum atomic E-state index is -0.645. The topological polar surface area (TPSA) is 127 Å². The number of aromatic nitrogens is 4. The molecule has 3 rings (SSSR count). The molecule has 0 bridgehead atoms. The van der Waals surface area contributed by atoms with Crippen LogP contribution < -0.4 is 5.73 Å². The van der Waals surface area contributed by atoms with Crippen LogP contribution in [0.4, 0.5) is 4.79 Å². The molecule has 2 unspecified atom stereocenters. The maximum Gasteiger partial charge on any atom is 0.410 e. The molecule has 0 aliphatic carbocycles. The minimum Gasteiger partial charge on any atom is -0.444 e. The van der Waals surface area contributed by atoms with E-state index in [0.29, 0.717) is 36.0 Å². The van der Waals surface area contributed by atoms with E-state index in [2.05, 4.69) is 19.9 Å². The molecule has 9 nitrogen and oxygen atoms in total. The third-order valence-electron chi connectivity index (χ3n) is 4.28. The number of hydrogen-bond donors (Lipinski definition) is 2. The minimum absolute atomic E-state index is 0.367. The number of primary amides is 1. The summed E-state index contributed by atoms with van der Waals surface area (Å²) < 4.78 is 5.51. The van der Waals surface area contributed by atoms with Crippen LogP contribution in [-0.4, -0.2) is 49.0 Å². The van der Waals surface area contributed by atoms with Crippen molar-refractivity contribution in [1.82, 2.24) is 24.8 Å². The maximum atomic E-state index is 12.7. The molecule has 0 saturated carbocycles. The second-order valence-corrected chi connectivity index (χ2v) is 7.61. The highest BCUT2D eigenvalue weighted by Gasteiger charge is 2.43. The van der Waals surface area contributed by atoms with Gasteiger partial charge in [0.2, 0.25) is 5.91 Å². The predicted molar refractivity (Wildman–Crippen MR) is 97.3 cm³/mol. The van der Waals surface area contributed by atoms with Crippen molar-refractivity contribution < 1.29 is 14.3 Å². The van der Waals surface area contributed by atoms with E-state index in [0.717, 1.165) is 0 Å². The fraction of sp³-hybridized carbons (Fsp3) is 0.500. The monoisotopic (exact) mass is 372 g/mol. The first-order chi connectivity index (χ1) is 12.7. The number of hydrogen-bond acceptors (Lipinski definition) is 6. The van der Waals surface area contributed by atoms with Crippen LogP contribution in [-0.2, 0) is 9.53 Å². The first kappa shape index (κ1) is 18.8. The smallest absolute Gasteiger partial charge is 0.410 e. The number of rotatable bonds is 3. The van der Waals surface area contributed by atoms with Crippen molar-refractivity contribution in [3.63, 3.8) is 0 Å². The summed E-state index contributed by atoms with van der Waals surface area (Å²) in [5.74, 6) is -0.107. The second-order valence-electron chi connectivity index (χ2n) is 7.61. The van der Waals surface area contributed by atoms with Crippen LogP contribution >= 0.6 is 0 Å². The molecule has 3 N–H and O–H groups in total. The molecule has 0 radical (unpaired) electrons. The molecule has 1 fully saturated rings. The lowest BCUT2D eigenvalue weighted by molar-refractivity contribution is -0.122. The number of nitrogens with two attached hydrogens (primary N) is 1. The standard InChI is InChI=1S/C18H24N6O3/c1-10-9-12(23-16(22-10)15-20-6-7-21-15)13-11(14(19)25)5-8-24(13)17(26)27-18(2,3)4/h6-7,9,11,13H,5,8H2,1-4H3,(H2,19,25)(H,20,21). The van der Waals surface area contributed by atoms with Gasteiger partial charge in [-0.05, 0) is 40.2 Å². The first-order valence-electron chi connectivity index (χ1n) is 8.80. The number of imidazole rings is 1. The van der Waals surface area contributed by atoms with Crippen molar-refractivity contribution in [2.75, 3.05) is 6.54 Å². The van der Waals surface area contributed by atoms with Crippen molar-refractivity contribution in [2.45, 2.75) is 45.8 Å². The molecule has 2 amide bonds. The van der Waals surface area contributed by atoms with Gasteiger partial charge in [0.15, 0.2) is 11.6 Å². The van der Waals surface area contributed by atoms with Gasteiger partial charge in [-0.2, -0.15) is 0 Å². The lowest BCUT2D eigenvalue weighted by Gasteiger charge is -2.30. The molecule has 9 heteroatoms. The molecular weight excluding hydrogens is 348 g/mol. The molecule has 1 aliphatic heterocycles. The van der Waals surface area contributed by atoms with E-state index in [4.69, 9.17) is 10.5 Å². The van der Waals surface area contributed by atoms with Gasteiger partial charge in [-0.1, -0.05) is 0 Å². The molecule has 1 aliphatic rings. The molecular formula is C18H24N6O3. The van der Waals surface area contributed by atoms with Crippen LogP contribution in [0.3, 0.4) is 0 Å². The molecule has 0 spiro atoms. The Balaban J connectivity index is 2.01. The van der Waals surface area contributed by atoms with Crippen LogP contribution in [0.15, 0.2) is 18.5 Å². The van der Waals surface area contributed by atoms with E-state index >= 15 is 0 Å². The van der Waals surface area contributed by atoms with Gasteiger partial charge in [0.25, 0.3) is 0 Å². The lowest BCUT2D eigenvalue weighted by atomic mass is 9.96. The lowest BCUT2D eigenvalue weighted by Crippen LogP contribution is -2.39. The highest BCUT2D eigenvalue weighted by Crippen LogP contribution is 2.38. The van der Waals surface area contributed by atoms with Gasteiger partial charge < -0.3 is 15.5 Å². The molecule has 2 atom stereocenters. The Hall–Kier alpha value is -2.97. The maximum absolute atomic E-state index is 12.7. The Morgan fingerprint density at radius 2 is 2.07 bits per heavy atom. The summed E-state index contributed by atoms with van der Waals surface area (Å²) in [4.78, 5) is 42.3. The fourth-order valence-electron chi connectivity index (χ4n) is 3.22. The molecule has 144 valence electrons. The summed E-state index contributed by atoms with van der Waals surface area (Å²) >= 11 is 0. The molecule has 2 aromatic heterocycles. The van der Waals surface area contributed by atoms with E-state index in [1.165, 1.54) is 4.90 Å². The van der Waals surface area contributed by atoms with Gasteiger partial charge in [-0.15, -0.1) is 0 Å². The van der Waals surface area contributed by atoms with Gasteiger partial charge in [-0.25, -0.2) is 19.7 Å². The van der Waals surface area contributed by atoms with Crippen LogP contribution in [0.5, 0.6) is 0 Å². The number of amides is 2. The van der Waals surface area contributed by atoms with Gasteiger partial charge in [0.05, 0.1) is 17.7 Å². The highest BCUT2D eigenvalue weighted by atomic mass is 16.6. The van der Waals surface area contributed by atoms with Gasteiger partial charge in [0.1, 0.15) is 5.60 Å². The summed E-state index contributed by atoms with van der Waals surface area (Å²) in [5, 5.41) is 0. The predicted octanol–water partition coefficient (Wildman–Crippen LogP) is 1.96. The van der Waals surface area contributed by atoms with E-state index in [1.54, 1.807) is 39.2 Å².